The molecule has 0 aliphatic carbocycles. The minimum atomic E-state index is -0.106. The Kier molecular flexibility index (Phi) is 5.22. The van der Waals surface area contributed by atoms with Crippen molar-refractivity contribution in [3.8, 4) is 22.8 Å². The summed E-state index contributed by atoms with van der Waals surface area (Å²) < 4.78 is 12.6. The fraction of sp³-hybridized carbons (Fsp3) is 0.182. The molecule has 0 saturated carbocycles. The summed E-state index contributed by atoms with van der Waals surface area (Å²) in [5.74, 6) is 1.32. The number of rotatable bonds is 6. The number of anilines is 1. The number of nitrogens with zero attached hydrogens (tertiary/aromatic N) is 2. The molecule has 2 aromatic carbocycles. The van der Waals surface area contributed by atoms with E-state index >= 15 is 0 Å². The van der Waals surface area contributed by atoms with E-state index in [4.69, 9.17) is 9.47 Å². The predicted molar refractivity (Wildman–Crippen MR) is 115 cm³/mol. The highest BCUT2D eigenvalue weighted by Crippen LogP contribution is 2.28. The highest BCUT2D eigenvalue weighted by molar-refractivity contribution is 7.15. The first-order chi connectivity index (χ1) is 14.1. The Bertz CT molecular complexity index is 1180. The topological polar surface area (TPSA) is 64.9 Å². The van der Waals surface area contributed by atoms with Crippen LogP contribution in [0.5, 0.6) is 11.5 Å². The number of amides is 1. The molecule has 1 amide bonds. The molecule has 4 rings (SSSR count). The molecule has 0 aliphatic heterocycles. The molecule has 2 aromatic heterocycles. The molecule has 0 spiro atoms. The minimum absolute atomic E-state index is 0.106. The first-order valence-corrected chi connectivity index (χ1v) is 9.99. The van der Waals surface area contributed by atoms with Gasteiger partial charge in [-0.2, -0.15) is 0 Å². The van der Waals surface area contributed by atoms with Crippen molar-refractivity contribution < 1.29 is 14.3 Å². The highest BCUT2D eigenvalue weighted by atomic mass is 32.1. The zero-order valence-corrected chi connectivity index (χ0v) is 17.2. The number of methoxy groups -OCH3 is 2. The van der Waals surface area contributed by atoms with Gasteiger partial charge < -0.3 is 14.8 Å². The zero-order chi connectivity index (χ0) is 20.4. The summed E-state index contributed by atoms with van der Waals surface area (Å²) in [6.07, 6.45) is 2.20. The van der Waals surface area contributed by atoms with Crippen molar-refractivity contribution in [1.29, 1.82) is 0 Å². The quantitative estimate of drug-likeness (QED) is 0.509. The van der Waals surface area contributed by atoms with Gasteiger partial charge in [-0.15, -0.1) is 11.3 Å². The second-order valence-corrected chi connectivity index (χ2v) is 7.50. The number of imidazole rings is 1. The minimum Gasteiger partial charge on any atom is -0.497 e. The summed E-state index contributed by atoms with van der Waals surface area (Å²) in [6, 6.07) is 13.5. The molecule has 0 fully saturated rings. The lowest BCUT2D eigenvalue weighted by atomic mass is 10.1. The van der Waals surface area contributed by atoms with E-state index in [0.717, 1.165) is 33.2 Å². The van der Waals surface area contributed by atoms with Crippen molar-refractivity contribution in [2.45, 2.75) is 13.3 Å². The number of thiazole rings is 1. The van der Waals surface area contributed by atoms with Gasteiger partial charge in [0.2, 0.25) is 5.91 Å². The van der Waals surface area contributed by atoms with Gasteiger partial charge in [-0.25, -0.2) is 4.98 Å². The van der Waals surface area contributed by atoms with Crippen molar-refractivity contribution in [2.75, 3.05) is 19.5 Å². The van der Waals surface area contributed by atoms with E-state index in [1.165, 1.54) is 11.3 Å². The van der Waals surface area contributed by atoms with Crippen molar-refractivity contribution in [3.63, 3.8) is 0 Å². The number of hydrogen-bond acceptors (Lipinski definition) is 5. The monoisotopic (exact) mass is 407 g/mol. The molecule has 0 atom stereocenters. The fourth-order valence-electron chi connectivity index (χ4n) is 3.16. The number of nitrogens with one attached hydrogen (secondary N) is 1. The molecule has 7 heteroatoms. The van der Waals surface area contributed by atoms with E-state index in [1.807, 2.05) is 65.4 Å². The van der Waals surface area contributed by atoms with Crippen LogP contribution in [0.25, 0.3) is 16.2 Å². The maximum Gasteiger partial charge on any atom is 0.230 e. The number of carbonyl (C=O) groups excluding carboxylic acids is 1. The van der Waals surface area contributed by atoms with Crippen LogP contribution >= 0.6 is 11.3 Å². The molecule has 148 valence electrons. The van der Waals surface area contributed by atoms with E-state index in [2.05, 4.69) is 10.3 Å². The molecule has 2 heterocycles. The Morgan fingerprint density at radius 1 is 1.17 bits per heavy atom. The first-order valence-electron chi connectivity index (χ1n) is 9.12. The van der Waals surface area contributed by atoms with E-state index in [0.29, 0.717) is 11.4 Å². The van der Waals surface area contributed by atoms with Crippen LogP contribution < -0.4 is 14.8 Å². The van der Waals surface area contributed by atoms with Crippen LogP contribution in [0.3, 0.4) is 0 Å². The number of aromatic nitrogens is 2. The Labute approximate surface area is 172 Å². The standard InChI is InChI=1S/C22H21N3O3S/c1-14-7-8-20(28-3)18(9-14)23-21(26)11-16-13-29-22-24-19(12-25(16)22)15-5-4-6-17(10-15)27-2/h4-10,12-13H,11H2,1-3H3,(H,23,26). The maximum atomic E-state index is 12.7. The van der Waals surface area contributed by atoms with Gasteiger partial charge >= 0.3 is 0 Å². The van der Waals surface area contributed by atoms with Crippen LogP contribution in [0, 0.1) is 6.92 Å². The zero-order valence-electron chi connectivity index (χ0n) is 16.4. The van der Waals surface area contributed by atoms with Crippen LogP contribution in [0.2, 0.25) is 0 Å². The van der Waals surface area contributed by atoms with Crippen LogP contribution in [-0.2, 0) is 11.2 Å². The van der Waals surface area contributed by atoms with Gasteiger partial charge in [0.05, 0.1) is 32.0 Å². The number of benzene rings is 2. The first kappa shape index (κ1) is 19.0. The number of aryl methyl sites for hydroxylation is 1. The van der Waals surface area contributed by atoms with Gasteiger partial charge in [-0.1, -0.05) is 18.2 Å². The van der Waals surface area contributed by atoms with Crippen molar-refractivity contribution >= 4 is 27.9 Å². The molecule has 0 saturated heterocycles. The van der Waals surface area contributed by atoms with E-state index in [1.54, 1.807) is 14.2 Å². The van der Waals surface area contributed by atoms with Crippen LogP contribution in [0.4, 0.5) is 5.69 Å². The molecular formula is C22H21N3O3S. The van der Waals surface area contributed by atoms with Crippen molar-refractivity contribution in [1.82, 2.24) is 9.38 Å². The van der Waals surface area contributed by atoms with Gasteiger partial charge in [0.15, 0.2) is 4.96 Å². The van der Waals surface area contributed by atoms with Gasteiger partial charge in [0, 0.05) is 22.8 Å². The lowest BCUT2D eigenvalue weighted by Gasteiger charge is -2.10. The lowest BCUT2D eigenvalue weighted by Crippen LogP contribution is -2.16. The third-order valence-electron chi connectivity index (χ3n) is 4.62. The summed E-state index contributed by atoms with van der Waals surface area (Å²) in [5, 5.41) is 4.91. The molecule has 4 aromatic rings. The molecule has 0 aliphatic rings. The molecule has 0 unspecified atom stereocenters. The Morgan fingerprint density at radius 3 is 2.83 bits per heavy atom. The Morgan fingerprint density at radius 2 is 2.03 bits per heavy atom. The fourth-order valence-corrected chi connectivity index (χ4v) is 4.03. The number of fused-ring (bicyclic) bond motifs is 1. The SMILES string of the molecule is COc1cccc(-c2cn3c(CC(=O)Nc4cc(C)ccc4OC)csc3n2)c1. The normalized spacial score (nSPS) is 10.9. The summed E-state index contributed by atoms with van der Waals surface area (Å²) in [4.78, 5) is 18.2. The second kappa shape index (κ2) is 7.97. The second-order valence-electron chi connectivity index (χ2n) is 6.67. The average Bonchev–Trinajstić information content (AvgIpc) is 3.30. The maximum absolute atomic E-state index is 12.7. The van der Waals surface area contributed by atoms with E-state index < -0.39 is 0 Å². The number of hydrogen-bond donors (Lipinski definition) is 1. The third kappa shape index (κ3) is 3.95. The van der Waals surface area contributed by atoms with E-state index in [9.17, 15) is 4.79 Å². The van der Waals surface area contributed by atoms with Crippen LogP contribution in [0.15, 0.2) is 54.0 Å². The number of carbonyl (C=O) groups is 1. The molecule has 0 bridgehead atoms. The molecule has 0 radical (unpaired) electrons. The summed E-state index contributed by atoms with van der Waals surface area (Å²) in [5.41, 5.74) is 4.43. The van der Waals surface area contributed by atoms with Gasteiger partial charge in [0.25, 0.3) is 0 Å². The molecule has 29 heavy (non-hydrogen) atoms. The highest BCUT2D eigenvalue weighted by Gasteiger charge is 2.14. The third-order valence-corrected chi connectivity index (χ3v) is 5.51. The van der Waals surface area contributed by atoms with Gasteiger partial charge in [0.1, 0.15) is 11.5 Å². The summed E-state index contributed by atoms with van der Waals surface area (Å²) in [7, 11) is 3.24. The largest absolute Gasteiger partial charge is 0.497 e. The van der Waals surface area contributed by atoms with Crippen LogP contribution in [-0.4, -0.2) is 29.5 Å². The van der Waals surface area contributed by atoms with E-state index in [-0.39, 0.29) is 12.3 Å². The summed E-state index contributed by atoms with van der Waals surface area (Å²) >= 11 is 1.51. The predicted octanol–water partition coefficient (Wildman–Crippen LogP) is 4.57. The summed E-state index contributed by atoms with van der Waals surface area (Å²) in [6.45, 7) is 1.98. The van der Waals surface area contributed by atoms with Gasteiger partial charge in [-0.3, -0.25) is 9.20 Å². The van der Waals surface area contributed by atoms with Crippen LogP contribution in [0.1, 0.15) is 11.3 Å². The van der Waals surface area contributed by atoms with Gasteiger partial charge in [-0.05, 0) is 36.8 Å². The Balaban J connectivity index is 1.56. The molecule has 1 N–H and O–H groups in total. The molecule has 6 nitrogen and oxygen atoms in total. The number of ether oxygens (including phenoxy) is 2. The van der Waals surface area contributed by atoms with Crippen molar-refractivity contribution in [2.24, 2.45) is 0 Å². The molecular weight excluding hydrogens is 386 g/mol. The lowest BCUT2D eigenvalue weighted by molar-refractivity contribution is -0.115. The average molecular weight is 407 g/mol. The smallest absolute Gasteiger partial charge is 0.230 e. The van der Waals surface area contributed by atoms with Crippen molar-refractivity contribution in [3.05, 3.63) is 65.3 Å². The Hall–Kier alpha value is -3.32.